The Morgan fingerprint density at radius 1 is 1.28 bits per heavy atom. The summed E-state index contributed by atoms with van der Waals surface area (Å²) in [7, 11) is 0. The number of alkyl halides is 3. The Balaban J connectivity index is 2.25. The van der Waals surface area contributed by atoms with Gasteiger partial charge in [-0.2, -0.15) is 13.2 Å². The van der Waals surface area contributed by atoms with Gasteiger partial charge in [-0.15, -0.1) is 0 Å². The quantitative estimate of drug-likeness (QED) is 0.770. The highest BCUT2D eigenvalue weighted by molar-refractivity contribution is 5.85. The predicted molar refractivity (Wildman–Crippen MR) is 63.2 cm³/mol. The van der Waals surface area contributed by atoms with E-state index in [-0.39, 0.29) is 11.4 Å². The van der Waals surface area contributed by atoms with Crippen LogP contribution in [-0.2, 0) is 19.1 Å². The molecule has 0 fully saturated rings. The van der Waals surface area contributed by atoms with Gasteiger partial charge in [-0.05, 0) is 24.6 Å². The Morgan fingerprint density at radius 3 is 2.78 bits per heavy atom. The molecule has 1 atom stereocenters. The normalized spacial score (nSPS) is 20.1. The van der Waals surface area contributed by atoms with Crippen LogP contribution in [0, 0.1) is 0 Å². The standard InChI is InChI=1S/C13H13F3N2/c14-13(15,16)11-2-1-3-12-10(11)7-9-6-8(17)4-5-18(9)12/h1-3,7-8H,4-6,17H2. The first-order valence-corrected chi connectivity index (χ1v) is 5.91. The fraction of sp³-hybridized carbons (Fsp3) is 0.385. The van der Waals surface area contributed by atoms with E-state index in [1.807, 2.05) is 4.57 Å². The molecule has 2 nitrogen and oxygen atoms in total. The van der Waals surface area contributed by atoms with Crippen molar-refractivity contribution in [2.45, 2.75) is 31.6 Å². The minimum atomic E-state index is -4.31. The van der Waals surface area contributed by atoms with Crippen LogP contribution in [0.25, 0.3) is 10.9 Å². The van der Waals surface area contributed by atoms with Crippen LogP contribution in [0.15, 0.2) is 24.3 Å². The van der Waals surface area contributed by atoms with E-state index in [0.29, 0.717) is 18.5 Å². The molecule has 2 N–H and O–H groups in total. The van der Waals surface area contributed by atoms with E-state index in [2.05, 4.69) is 0 Å². The lowest BCUT2D eigenvalue weighted by molar-refractivity contribution is -0.136. The fourth-order valence-corrected chi connectivity index (χ4v) is 2.69. The zero-order valence-electron chi connectivity index (χ0n) is 9.67. The van der Waals surface area contributed by atoms with Gasteiger partial charge in [0.25, 0.3) is 0 Å². The molecule has 5 heteroatoms. The number of aryl methyl sites for hydroxylation is 1. The molecule has 18 heavy (non-hydrogen) atoms. The van der Waals surface area contributed by atoms with Gasteiger partial charge in [-0.1, -0.05) is 6.07 Å². The van der Waals surface area contributed by atoms with Crippen LogP contribution in [-0.4, -0.2) is 10.6 Å². The molecule has 0 spiro atoms. The average Bonchev–Trinajstić information content (AvgIpc) is 2.64. The minimum absolute atomic E-state index is 0.0520. The van der Waals surface area contributed by atoms with Crippen LogP contribution in [0.1, 0.15) is 17.7 Å². The predicted octanol–water partition coefficient (Wildman–Crippen LogP) is 2.93. The van der Waals surface area contributed by atoms with E-state index < -0.39 is 11.7 Å². The van der Waals surface area contributed by atoms with Gasteiger partial charge in [0.05, 0.1) is 5.56 Å². The summed E-state index contributed by atoms with van der Waals surface area (Å²) >= 11 is 0. The lowest BCUT2D eigenvalue weighted by Gasteiger charge is -2.21. The highest BCUT2D eigenvalue weighted by Crippen LogP contribution is 2.37. The first-order valence-electron chi connectivity index (χ1n) is 5.91. The second-order valence-corrected chi connectivity index (χ2v) is 4.78. The number of nitrogens with two attached hydrogens (primary N) is 1. The third-order valence-electron chi connectivity index (χ3n) is 3.53. The largest absolute Gasteiger partial charge is 0.417 e. The molecule has 1 unspecified atom stereocenters. The van der Waals surface area contributed by atoms with Gasteiger partial charge in [0.1, 0.15) is 0 Å². The van der Waals surface area contributed by atoms with Gasteiger partial charge in [0.2, 0.25) is 0 Å². The summed E-state index contributed by atoms with van der Waals surface area (Å²) in [6, 6.07) is 6.03. The summed E-state index contributed by atoms with van der Waals surface area (Å²) < 4.78 is 40.7. The molecule has 3 rings (SSSR count). The van der Waals surface area contributed by atoms with Gasteiger partial charge >= 0.3 is 6.18 Å². The summed E-state index contributed by atoms with van der Waals surface area (Å²) in [5, 5.41) is 0.286. The molecule has 0 saturated carbocycles. The van der Waals surface area contributed by atoms with Gasteiger partial charge in [0, 0.05) is 35.6 Å². The molecular formula is C13H13F3N2. The minimum Gasteiger partial charge on any atom is -0.344 e. The number of benzene rings is 1. The molecule has 0 saturated heterocycles. The van der Waals surface area contributed by atoms with Crippen molar-refractivity contribution in [3.05, 3.63) is 35.5 Å². The maximum absolute atomic E-state index is 12.9. The second kappa shape index (κ2) is 3.75. The molecule has 2 heterocycles. The SMILES string of the molecule is NC1CCn2c(cc3c(C(F)(F)F)cccc32)C1. The molecule has 0 bridgehead atoms. The summed E-state index contributed by atoms with van der Waals surface area (Å²) in [5.74, 6) is 0. The van der Waals surface area contributed by atoms with Gasteiger partial charge in [-0.25, -0.2) is 0 Å². The molecule has 0 aliphatic carbocycles. The van der Waals surface area contributed by atoms with Gasteiger partial charge in [0.15, 0.2) is 0 Å². The lowest BCUT2D eigenvalue weighted by Crippen LogP contribution is -2.30. The van der Waals surface area contributed by atoms with Gasteiger partial charge < -0.3 is 10.3 Å². The van der Waals surface area contributed by atoms with Crippen molar-refractivity contribution in [3.8, 4) is 0 Å². The molecule has 0 radical (unpaired) electrons. The summed E-state index contributed by atoms with van der Waals surface area (Å²) in [6.07, 6.45) is -2.85. The maximum atomic E-state index is 12.9. The number of aromatic nitrogens is 1. The molecule has 0 amide bonds. The number of hydrogen-bond donors (Lipinski definition) is 1. The zero-order chi connectivity index (χ0) is 12.9. The van der Waals surface area contributed by atoms with E-state index >= 15 is 0 Å². The fourth-order valence-electron chi connectivity index (χ4n) is 2.69. The van der Waals surface area contributed by atoms with E-state index in [0.717, 1.165) is 18.2 Å². The van der Waals surface area contributed by atoms with E-state index in [1.165, 1.54) is 6.07 Å². The van der Waals surface area contributed by atoms with Crippen LogP contribution in [0.3, 0.4) is 0 Å². The van der Waals surface area contributed by atoms with Gasteiger partial charge in [-0.3, -0.25) is 0 Å². The van der Waals surface area contributed by atoms with E-state index in [9.17, 15) is 13.2 Å². The average molecular weight is 254 g/mol. The third-order valence-corrected chi connectivity index (χ3v) is 3.53. The molecular weight excluding hydrogens is 241 g/mol. The highest BCUT2D eigenvalue weighted by atomic mass is 19.4. The maximum Gasteiger partial charge on any atom is 0.417 e. The van der Waals surface area contributed by atoms with Crippen LogP contribution in [0.4, 0.5) is 13.2 Å². The van der Waals surface area contributed by atoms with E-state index in [4.69, 9.17) is 5.73 Å². The lowest BCUT2D eigenvalue weighted by atomic mass is 10.1. The van der Waals surface area contributed by atoms with Crippen molar-refractivity contribution in [3.63, 3.8) is 0 Å². The Hall–Kier alpha value is -1.49. The summed E-state index contributed by atoms with van der Waals surface area (Å²) in [4.78, 5) is 0. The van der Waals surface area contributed by atoms with Crippen LogP contribution >= 0.6 is 0 Å². The van der Waals surface area contributed by atoms with Crippen molar-refractivity contribution in [2.24, 2.45) is 5.73 Å². The smallest absolute Gasteiger partial charge is 0.344 e. The molecule has 96 valence electrons. The summed E-state index contributed by atoms with van der Waals surface area (Å²) in [5.41, 5.74) is 6.86. The van der Waals surface area contributed by atoms with Crippen LogP contribution < -0.4 is 5.73 Å². The molecule has 2 aromatic rings. The Kier molecular flexibility index (Phi) is 2.41. The van der Waals surface area contributed by atoms with Crippen molar-refractivity contribution >= 4 is 10.9 Å². The Morgan fingerprint density at radius 2 is 2.06 bits per heavy atom. The van der Waals surface area contributed by atoms with E-state index in [1.54, 1.807) is 12.1 Å². The Bertz CT molecular complexity index is 598. The molecule has 1 aromatic heterocycles. The highest BCUT2D eigenvalue weighted by Gasteiger charge is 2.33. The van der Waals surface area contributed by atoms with Crippen molar-refractivity contribution in [2.75, 3.05) is 0 Å². The number of hydrogen-bond acceptors (Lipinski definition) is 1. The van der Waals surface area contributed by atoms with Crippen molar-refractivity contribution in [1.29, 1.82) is 0 Å². The first kappa shape index (κ1) is 11.6. The number of rotatable bonds is 0. The van der Waals surface area contributed by atoms with Crippen LogP contribution in [0.5, 0.6) is 0 Å². The topological polar surface area (TPSA) is 30.9 Å². The summed E-state index contributed by atoms with van der Waals surface area (Å²) in [6.45, 7) is 0.696. The van der Waals surface area contributed by atoms with Crippen molar-refractivity contribution < 1.29 is 13.2 Å². The third kappa shape index (κ3) is 1.70. The number of halogens is 3. The Labute approximate surface area is 102 Å². The molecule has 1 aliphatic heterocycles. The zero-order valence-corrected chi connectivity index (χ0v) is 9.67. The number of fused-ring (bicyclic) bond motifs is 3. The molecule has 1 aliphatic rings. The monoisotopic (exact) mass is 254 g/mol. The molecule has 1 aromatic carbocycles. The first-order chi connectivity index (χ1) is 8.47. The second-order valence-electron chi connectivity index (χ2n) is 4.78. The number of nitrogens with zero attached hydrogens (tertiary/aromatic N) is 1. The van der Waals surface area contributed by atoms with Crippen molar-refractivity contribution in [1.82, 2.24) is 4.57 Å². The van der Waals surface area contributed by atoms with Crippen LogP contribution in [0.2, 0.25) is 0 Å².